The zero-order valence-corrected chi connectivity index (χ0v) is 10.2. The monoisotopic (exact) mass is 255 g/mol. The summed E-state index contributed by atoms with van der Waals surface area (Å²) in [5.41, 5.74) is 6.14. The first-order valence-corrected chi connectivity index (χ1v) is 5.17. The van der Waals surface area contributed by atoms with Crippen LogP contribution in [0.2, 0.25) is 0 Å². The number of fused-ring (bicyclic) bond motifs is 1. The Bertz CT molecular complexity index is 600. The Balaban J connectivity index is 0.00000144. The maximum absolute atomic E-state index is 11.9. The molecule has 5 nitrogen and oxygen atoms in total. The molecule has 2 rings (SSSR count). The summed E-state index contributed by atoms with van der Waals surface area (Å²) in [6, 6.07) is 6.40. The highest BCUT2D eigenvalue weighted by molar-refractivity contribution is 5.88. The average molecular weight is 256 g/mol. The van der Waals surface area contributed by atoms with E-state index < -0.39 is 6.03 Å². The molecule has 2 aromatic rings. The molecule has 0 unspecified atom stereocenters. The number of carbonyl (C=O) groups is 1. The lowest BCUT2D eigenvalue weighted by molar-refractivity contribution is 0.250. The van der Waals surface area contributed by atoms with E-state index in [0.29, 0.717) is 12.1 Å². The van der Waals surface area contributed by atoms with Gasteiger partial charge in [0.15, 0.2) is 0 Å². The first-order chi connectivity index (χ1) is 7.66. The number of aromatic nitrogens is 2. The zero-order valence-electron chi connectivity index (χ0n) is 9.42. The quantitative estimate of drug-likeness (QED) is 0.885. The third kappa shape index (κ3) is 2.06. The van der Waals surface area contributed by atoms with E-state index in [4.69, 9.17) is 5.73 Å². The summed E-state index contributed by atoms with van der Waals surface area (Å²) in [5, 5.41) is 0. The van der Waals surface area contributed by atoms with E-state index in [2.05, 4.69) is 0 Å². The molecule has 0 atom stereocenters. The van der Waals surface area contributed by atoms with Crippen LogP contribution in [0.3, 0.4) is 0 Å². The van der Waals surface area contributed by atoms with Gasteiger partial charge in [0.05, 0.1) is 11.0 Å². The van der Waals surface area contributed by atoms with Crippen molar-refractivity contribution in [2.75, 3.05) is 0 Å². The Morgan fingerprint density at radius 3 is 2.41 bits per heavy atom. The van der Waals surface area contributed by atoms with Crippen molar-refractivity contribution in [3.05, 3.63) is 34.7 Å². The van der Waals surface area contributed by atoms with Gasteiger partial charge < -0.3 is 5.73 Å². The highest BCUT2D eigenvalue weighted by Gasteiger charge is 2.14. The summed E-state index contributed by atoms with van der Waals surface area (Å²) in [5.74, 6) is 0. The number of carbonyl (C=O) groups excluding carboxylic acids is 1. The SMILES string of the molecule is CCCn1c(=O)n(C(N)=O)c2ccccc21.Cl. The van der Waals surface area contributed by atoms with E-state index in [1.54, 1.807) is 16.7 Å². The number of rotatable bonds is 2. The minimum Gasteiger partial charge on any atom is -0.351 e. The lowest BCUT2D eigenvalue weighted by Crippen LogP contribution is -2.32. The van der Waals surface area contributed by atoms with E-state index in [9.17, 15) is 9.59 Å². The first kappa shape index (κ1) is 13.3. The van der Waals surface area contributed by atoms with Crippen LogP contribution in [0.5, 0.6) is 0 Å². The highest BCUT2D eigenvalue weighted by Crippen LogP contribution is 2.12. The molecule has 0 aliphatic carbocycles. The van der Waals surface area contributed by atoms with Crippen molar-refractivity contribution in [2.45, 2.75) is 19.9 Å². The van der Waals surface area contributed by atoms with Crippen LogP contribution >= 0.6 is 12.4 Å². The normalized spacial score (nSPS) is 10.2. The van der Waals surface area contributed by atoms with Gasteiger partial charge in [-0.1, -0.05) is 19.1 Å². The minimum atomic E-state index is -0.740. The van der Waals surface area contributed by atoms with Gasteiger partial charge >= 0.3 is 11.7 Å². The van der Waals surface area contributed by atoms with Crippen molar-refractivity contribution in [2.24, 2.45) is 5.73 Å². The molecule has 1 amide bonds. The molecule has 1 aromatic carbocycles. The Kier molecular flexibility index (Phi) is 3.96. The first-order valence-electron chi connectivity index (χ1n) is 5.17. The Morgan fingerprint density at radius 1 is 1.29 bits per heavy atom. The summed E-state index contributed by atoms with van der Waals surface area (Å²) >= 11 is 0. The summed E-state index contributed by atoms with van der Waals surface area (Å²) in [4.78, 5) is 23.2. The Morgan fingerprint density at radius 2 is 1.88 bits per heavy atom. The molecule has 0 saturated heterocycles. The number of nitrogens with two attached hydrogens (primary N) is 1. The van der Waals surface area contributed by atoms with Crippen LogP contribution < -0.4 is 11.4 Å². The highest BCUT2D eigenvalue weighted by atomic mass is 35.5. The third-order valence-corrected chi connectivity index (χ3v) is 2.50. The predicted octanol–water partition coefficient (Wildman–Crippen LogP) is 1.56. The number of imidazole rings is 1. The van der Waals surface area contributed by atoms with Gasteiger partial charge in [0.25, 0.3) is 0 Å². The van der Waals surface area contributed by atoms with Crippen LogP contribution in [0.15, 0.2) is 29.1 Å². The topological polar surface area (TPSA) is 70.0 Å². The molecule has 0 aliphatic rings. The van der Waals surface area contributed by atoms with Gasteiger partial charge in [-0.25, -0.2) is 14.2 Å². The fraction of sp³-hybridized carbons (Fsp3) is 0.273. The molecule has 6 heteroatoms. The maximum atomic E-state index is 11.9. The number of benzene rings is 1. The lowest BCUT2D eigenvalue weighted by atomic mass is 10.3. The van der Waals surface area contributed by atoms with Crippen molar-refractivity contribution in [1.82, 2.24) is 9.13 Å². The van der Waals surface area contributed by atoms with Crippen molar-refractivity contribution < 1.29 is 4.79 Å². The van der Waals surface area contributed by atoms with E-state index >= 15 is 0 Å². The molecule has 0 radical (unpaired) electrons. The summed E-state index contributed by atoms with van der Waals surface area (Å²) in [6.45, 7) is 2.56. The molecular formula is C11H14ClN3O2. The molecular weight excluding hydrogens is 242 g/mol. The third-order valence-electron chi connectivity index (χ3n) is 2.50. The van der Waals surface area contributed by atoms with E-state index in [-0.39, 0.29) is 18.1 Å². The fourth-order valence-corrected chi connectivity index (χ4v) is 1.86. The second-order valence-electron chi connectivity index (χ2n) is 3.60. The van der Waals surface area contributed by atoms with Crippen molar-refractivity contribution in [3.8, 4) is 0 Å². The van der Waals surface area contributed by atoms with Crippen LogP contribution in [0.1, 0.15) is 13.3 Å². The van der Waals surface area contributed by atoms with Gasteiger partial charge in [-0.2, -0.15) is 0 Å². The summed E-state index contributed by atoms with van der Waals surface area (Å²) < 4.78 is 2.57. The van der Waals surface area contributed by atoms with Gasteiger partial charge in [0.2, 0.25) is 0 Å². The predicted molar refractivity (Wildman–Crippen MR) is 68.7 cm³/mol. The molecule has 2 N–H and O–H groups in total. The van der Waals surface area contributed by atoms with Crippen molar-refractivity contribution >= 4 is 29.5 Å². The molecule has 1 heterocycles. The van der Waals surface area contributed by atoms with Gasteiger partial charge in [0.1, 0.15) is 0 Å². The maximum Gasteiger partial charge on any atom is 0.337 e. The van der Waals surface area contributed by atoms with Crippen molar-refractivity contribution in [3.63, 3.8) is 0 Å². The summed E-state index contributed by atoms with van der Waals surface area (Å²) in [7, 11) is 0. The van der Waals surface area contributed by atoms with Crippen LogP contribution in [0, 0.1) is 0 Å². The number of nitrogens with zero attached hydrogens (tertiary/aromatic N) is 2. The molecule has 1 aromatic heterocycles. The molecule has 0 spiro atoms. The van der Waals surface area contributed by atoms with Gasteiger partial charge in [0, 0.05) is 6.54 Å². The number of hydrogen-bond donors (Lipinski definition) is 1. The molecule has 17 heavy (non-hydrogen) atoms. The van der Waals surface area contributed by atoms with Gasteiger partial charge in [-0.15, -0.1) is 12.4 Å². The largest absolute Gasteiger partial charge is 0.351 e. The van der Waals surface area contributed by atoms with Crippen LogP contribution in [-0.4, -0.2) is 15.2 Å². The second kappa shape index (κ2) is 5.05. The Labute approximate surface area is 104 Å². The van der Waals surface area contributed by atoms with E-state index in [1.165, 1.54) is 0 Å². The fourth-order valence-electron chi connectivity index (χ4n) is 1.86. The lowest BCUT2D eigenvalue weighted by Gasteiger charge is -1.98. The number of hydrogen-bond acceptors (Lipinski definition) is 2. The van der Waals surface area contributed by atoms with Crippen LogP contribution in [0.4, 0.5) is 4.79 Å². The second-order valence-corrected chi connectivity index (χ2v) is 3.60. The summed E-state index contributed by atoms with van der Waals surface area (Å²) in [6.07, 6.45) is 0.826. The standard InChI is InChI=1S/C11H13N3O2.ClH/c1-2-7-13-8-5-3-4-6-9(8)14(10(12)15)11(13)16;/h3-6H,2,7H2,1H3,(H2,12,15);1H. The molecule has 0 saturated carbocycles. The molecule has 0 bridgehead atoms. The van der Waals surface area contributed by atoms with Gasteiger partial charge in [-0.05, 0) is 18.6 Å². The van der Waals surface area contributed by atoms with Crippen molar-refractivity contribution in [1.29, 1.82) is 0 Å². The molecule has 0 aliphatic heterocycles. The molecule has 0 fully saturated rings. The smallest absolute Gasteiger partial charge is 0.337 e. The molecule has 92 valence electrons. The van der Waals surface area contributed by atoms with E-state index in [1.807, 2.05) is 19.1 Å². The minimum absolute atomic E-state index is 0. The number of amides is 1. The number of halogens is 1. The Hall–Kier alpha value is -1.75. The average Bonchev–Trinajstić information content (AvgIpc) is 2.53. The van der Waals surface area contributed by atoms with E-state index in [0.717, 1.165) is 16.5 Å². The van der Waals surface area contributed by atoms with Crippen LogP contribution in [-0.2, 0) is 6.54 Å². The van der Waals surface area contributed by atoms with Gasteiger partial charge in [-0.3, -0.25) is 4.57 Å². The number of para-hydroxylation sites is 2. The number of aryl methyl sites for hydroxylation is 1. The zero-order chi connectivity index (χ0) is 11.7. The number of primary amides is 1. The van der Waals surface area contributed by atoms with Crippen LogP contribution in [0.25, 0.3) is 11.0 Å².